The number of fused-ring (bicyclic) bond motifs is 1. The minimum atomic E-state index is -3.57. The molecule has 0 saturated carbocycles. The van der Waals surface area contributed by atoms with Gasteiger partial charge in [-0.15, -0.1) is 11.3 Å². The fourth-order valence-corrected chi connectivity index (χ4v) is 8.09. The van der Waals surface area contributed by atoms with Crippen LogP contribution in [-0.2, 0) is 21.9 Å². The van der Waals surface area contributed by atoms with Crippen molar-refractivity contribution in [3.8, 4) is 0 Å². The fourth-order valence-electron chi connectivity index (χ4n) is 3.60. The maximum absolute atomic E-state index is 12.8. The van der Waals surface area contributed by atoms with Crippen molar-refractivity contribution in [1.82, 2.24) is 8.87 Å². The zero-order chi connectivity index (χ0) is 21.6. The molecule has 3 aromatic rings. The molecule has 1 saturated heterocycles. The van der Waals surface area contributed by atoms with Crippen LogP contribution in [0.4, 0.5) is 0 Å². The van der Waals surface area contributed by atoms with Gasteiger partial charge in [-0.05, 0) is 43.5 Å². The second-order valence-electron chi connectivity index (χ2n) is 7.17. The Morgan fingerprint density at radius 3 is 2.43 bits per heavy atom. The first-order chi connectivity index (χ1) is 14.2. The van der Waals surface area contributed by atoms with Crippen molar-refractivity contribution >= 4 is 72.0 Å². The van der Waals surface area contributed by atoms with Crippen LogP contribution in [0.3, 0.4) is 0 Å². The SMILES string of the molecule is Cc1ccc(Cl)c2sc(=NC(=O)C3CCN(S(=O)(=O)c4ccc(Cl)s4)CC3)n(C)c12. The number of hydrogen-bond donors (Lipinski definition) is 0. The monoisotopic (exact) mass is 503 g/mol. The number of piperidine rings is 1. The Kier molecular flexibility index (Phi) is 6.13. The van der Waals surface area contributed by atoms with Crippen LogP contribution < -0.4 is 4.80 Å². The van der Waals surface area contributed by atoms with Crippen LogP contribution in [0.2, 0.25) is 9.36 Å². The topological polar surface area (TPSA) is 71.7 Å². The summed E-state index contributed by atoms with van der Waals surface area (Å²) in [5.74, 6) is -0.521. The Balaban J connectivity index is 1.53. The molecule has 0 bridgehead atoms. The molecular weight excluding hydrogens is 485 g/mol. The van der Waals surface area contributed by atoms with Crippen LogP contribution in [0.25, 0.3) is 10.2 Å². The molecule has 30 heavy (non-hydrogen) atoms. The molecule has 4 rings (SSSR count). The van der Waals surface area contributed by atoms with E-state index in [0.717, 1.165) is 27.1 Å². The van der Waals surface area contributed by atoms with E-state index in [-0.39, 0.29) is 29.1 Å². The number of carbonyl (C=O) groups excluding carboxylic acids is 1. The van der Waals surface area contributed by atoms with E-state index >= 15 is 0 Å². The van der Waals surface area contributed by atoms with Gasteiger partial charge in [0.05, 0.1) is 19.6 Å². The van der Waals surface area contributed by atoms with E-state index in [9.17, 15) is 13.2 Å². The second-order valence-corrected chi connectivity index (χ2v) is 12.4. The summed E-state index contributed by atoms with van der Waals surface area (Å²) in [6.07, 6.45) is 0.879. The van der Waals surface area contributed by atoms with Crippen LogP contribution in [0.5, 0.6) is 0 Å². The van der Waals surface area contributed by atoms with E-state index < -0.39 is 10.0 Å². The molecule has 0 atom stereocenters. The quantitative estimate of drug-likeness (QED) is 0.530. The summed E-state index contributed by atoms with van der Waals surface area (Å²) in [6.45, 7) is 2.56. The summed E-state index contributed by atoms with van der Waals surface area (Å²) in [4.78, 5) is 17.7. The summed E-state index contributed by atoms with van der Waals surface area (Å²) in [5.41, 5.74) is 2.03. The third-order valence-electron chi connectivity index (χ3n) is 5.25. The fraction of sp³-hybridized carbons (Fsp3) is 0.368. The predicted octanol–water partition coefficient (Wildman–Crippen LogP) is 4.44. The van der Waals surface area contributed by atoms with Gasteiger partial charge in [-0.2, -0.15) is 9.30 Å². The van der Waals surface area contributed by atoms with Crippen LogP contribution in [0.15, 0.2) is 33.5 Å². The van der Waals surface area contributed by atoms with E-state index in [0.29, 0.717) is 27.0 Å². The van der Waals surface area contributed by atoms with Gasteiger partial charge in [-0.25, -0.2) is 8.42 Å². The number of nitrogens with zero attached hydrogens (tertiary/aromatic N) is 3. The summed E-state index contributed by atoms with van der Waals surface area (Å²) >= 11 is 14.6. The third-order valence-corrected chi connectivity index (χ3v) is 10.4. The minimum absolute atomic E-state index is 0.220. The summed E-state index contributed by atoms with van der Waals surface area (Å²) in [5, 5.41) is 0.636. The number of sulfonamides is 1. The van der Waals surface area contributed by atoms with Crippen molar-refractivity contribution in [3.05, 3.63) is 44.0 Å². The van der Waals surface area contributed by atoms with Crippen molar-refractivity contribution in [3.63, 3.8) is 0 Å². The first-order valence-electron chi connectivity index (χ1n) is 9.27. The van der Waals surface area contributed by atoms with Gasteiger partial charge in [0.25, 0.3) is 15.9 Å². The van der Waals surface area contributed by atoms with E-state index in [1.54, 1.807) is 6.07 Å². The lowest BCUT2D eigenvalue weighted by atomic mass is 9.98. The number of carbonyl (C=O) groups is 1. The van der Waals surface area contributed by atoms with E-state index in [4.69, 9.17) is 23.2 Å². The van der Waals surface area contributed by atoms with Crippen LogP contribution in [0.1, 0.15) is 18.4 Å². The minimum Gasteiger partial charge on any atom is -0.319 e. The second kappa shape index (κ2) is 8.37. The van der Waals surface area contributed by atoms with Crippen molar-refractivity contribution < 1.29 is 13.2 Å². The number of benzene rings is 1. The molecule has 0 spiro atoms. The van der Waals surface area contributed by atoms with E-state index in [1.165, 1.54) is 21.7 Å². The van der Waals surface area contributed by atoms with Crippen LogP contribution >= 0.6 is 45.9 Å². The lowest BCUT2D eigenvalue weighted by Crippen LogP contribution is -2.40. The standard InChI is InChI=1S/C19H19Cl2N3O3S3/c1-11-3-4-13(20)17-16(11)23(2)19(29-17)22-18(25)12-7-9-24(10-8-12)30(26,27)15-6-5-14(21)28-15/h3-6,12H,7-10H2,1-2H3. The zero-order valence-corrected chi connectivity index (χ0v) is 20.2. The number of aryl methyl sites for hydroxylation is 2. The molecular formula is C19H19Cl2N3O3S3. The molecule has 2 aromatic heterocycles. The average Bonchev–Trinajstić information content (AvgIpc) is 3.30. The Morgan fingerprint density at radius 1 is 1.13 bits per heavy atom. The molecule has 1 aliphatic rings. The molecule has 0 unspecified atom stereocenters. The third kappa shape index (κ3) is 3.99. The molecule has 3 heterocycles. The molecule has 11 heteroatoms. The largest absolute Gasteiger partial charge is 0.319 e. The van der Waals surface area contributed by atoms with Crippen LogP contribution in [-0.4, -0.2) is 36.3 Å². The molecule has 0 N–H and O–H groups in total. The molecule has 6 nitrogen and oxygen atoms in total. The molecule has 1 amide bonds. The van der Waals surface area contributed by atoms with Gasteiger partial charge in [0.1, 0.15) is 4.21 Å². The number of aromatic nitrogens is 1. The molecule has 1 fully saturated rings. The number of halogens is 2. The summed E-state index contributed by atoms with van der Waals surface area (Å²) < 4.78 is 30.3. The van der Waals surface area contributed by atoms with Gasteiger partial charge < -0.3 is 4.57 Å². The number of thiophene rings is 1. The average molecular weight is 504 g/mol. The van der Waals surface area contributed by atoms with Crippen LogP contribution in [0, 0.1) is 12.8 Å². The molecule has 160 valence electrons. The van der Waals surface area contributed by atoms with Gasteiger partial charge in [0.15, 0.2) is 4.80 Å². The van der Waals surface area contributed by atoms with Gasteiger partial charge in [0.2, 0.25) is 0 Å². The maximum Gasteiger partial charge on any atom is 0.252 e. The first-order valence-corrected chi connectivity index (χ1v) is 13.1. The van der Waals surface area contributed by atoms with Gasteiger partial charge in [-0.3, -0.25) is 4.79 Å². The van der Waals surface area contributed by atoms with E-state index in [2.05, 4.69) is 4.99 Å². The Labute approximate surface area is 192 Å². The van der Waals surface area contributed by atoms with Gasteiger partial charge >= 0.3 is 0 Å². The Hall–Kier alpha value is -1.23. The number of rotatable bonds is 3. The lowest BCUT2D eigenvalue weighted by molar-refractivity contribution is -0.122. The van der Waals surface area contributed by atoms with Gasteiger partial charge in [0, 0.05) is 26.1 Å². The van der Waals surface area contributed by atoms with Crippen molar-refractivity contribution in [2.45, 2.75) is 24.0 Å². The highest BCUT2D eigenvalue weighted by Gasteiger charge is 2.33. The Bertz CT molecular complexity index is 1300. The van der Waals surface area contributed by atoms with Crippen molar-refractivity contribution in [2.75, 3.05) is 13.1 Å². The van der Waals surface area contributed by atoms with Gasteiger partial charge in [-0.1, -0.05) is 40.6 Å². The highest BCUT2D eigenvalue weighted by molar-refractivity contribution is 7.91. The molecule has 0 radical (unpaired) electrons. The number of amides is 1. The zero-order valence-electron chi connectivity index (χ0n) is 16.3. The molecule has 0 aliphatic carbocycles. The molecule has 1 aliphatic heterocycles. The highest BCUT2D eigenvalue weighted by Crippen LogP contribution is 2.31. The highest BCUT2D eigenvalue weighted by atomic mass is 35.5. The van der Waals surface area contributed by atoms with E-state index in [1.807, 2.05) is 30.7 Å². The number of hydrogen-bond acceptors (Lipinski definition) is 5. The first kappa shape index (κ1) is 22.0. The number of thiazole rings is 1. The summed E-state index contributed by atoms with van der Waals surface area (Å²) in [6, 6.07) is 6.88. The normalized spacial score (nSPS) is 17.1. The summed E-state index contributed by atoms with van der Waals surface area (Å²) in [7, 11) is -1.70. The smallest absolute Gasteiger partial charge is 0.252 e. The molecule has 1 aromatic carbocycles. The van der Waals surface area contributed by atoms with Crippen molar-refractivity contribution in [1.29, 1.82) is 0 Å². The predicted molar refractivity (Wildman–Crippen MR) is 122 cm³/mol. The lowest BCUT2D eigenvalue weighted by Gasteiger charge is -2.29. The van der Waals surface area contributed by atoms with Crippen molar-refractivity contribution in [2.24, 2.45) is 18.0 Å². The maximum atomic E-state index is 12.8. The Morgan fingerprint density at radius 2 is 1.83 bits per heavy atom.